The molecule has 0 fully saturated rings. The molecule has 0 aliphatic heterocycles. The first kappa shape index (κ1) is 48.7. The first-order valence-electron chi connectivity index (χ1n) is 22.9. The summed E-state index contributed by atoms with van der Waals surface area (Å²) in [6.45, 7) is 6.25. The van der Waals surface area contributed by atoms with E-state index in [0.717, 1.165) is 24.8 Å². The lowest BCUT2D eigenvalue weighted by atomic mass is 10.0. The molecule has 0 bridgehead atoms. The minimum Gasteiger partial charge on any atom is -0.506 e. The lowest BCUT2D eigenvalue weighted by Crippen LogP contribution is -2.35. The molecule has 0 aliphatic carbocycles. The predicted molar refractivity (Wildman–Crippen MR) is 260 cm³/mol. The number of rotatable bonds is 24. The van der Waals surface area contributed by atoms with Crippen molar-refractivity contribution in [2.24, 2.45) is 0 Å². The Labute approximate surface area is 390 Å². The fourth-order valence-corrected chi connectivity index (χ4v) is 8.31. The number of amides is 4. The van der Waals surface area contributed by atoms with Crippen molar-refractivity contribution >= 4 is 63.4 Å². The van der Waals surface area contributed by atoms with Crippen LogP contribution in [0, 0.1) is 0 Å². The number of hydrogen-bond acceptors (Lipinski definition) is 11. The lowest BCUT2D eigenvalue weighted by molar-refractivity contribution is -0.114. The second-order valence-electron chi connectivity index (χ2n) is 16.0. The third-order valence-electron chi connectivity index (χ3n) is 11.0. The normalized spacial score (nSPS) is 11.0. The maximum absolute atomic E-state index is 14.6. The summed E-state index contributed by atoms with van der Waals surface area (Å²) in [4.78, 5) is 58.1. The van der Waals surface area contributed by atoms with E-state index in [1.807, 2.05) is 6.92 Å². The minimum atomic E-state index is -0.649. The van der Waals surface area contributed by atoms with E-state index >= 15 is 0 Å². The molecular formula is C51H59N7O7S. The van der Waals surface area contributed by atoms with Gasteiger partial charge in [-0.3, -0.25) is 24.3 Å². The van der Waals surface area contributed by atoms with E-state index in [4.69, 9.17) is 9.15 Å². The fourth-order valence-electron chi connectivity index (χ4n) is 7.57. The van der Waals surface area contributed by atoms with Gasteiger partial charge in [0.25, 0.3) is 17.0 Å². The smallest absolute Gasteiger partial charge is 0.419 e. The molecule has 346 valence electrons. The van der Waals surface area contributed by atoms with Crippen LogP contribution in [0.1, 0.15) is 124 Å². The molecule has 14 nitrogen and oxygen atoms in total. The summed E-state index contributed by atoms with van der Waals surface area (Å²) in [5.74, 6) is -0.433. The van der Waals surface area contributed by atoms with E-state index in [0.29, 0.717) is 69.6 Å². The zero-order valence-electron chi connectivity index (χ0n) is 37.9. The number of anilines is 3. The number of nitrogens with one attached hydrogen (secondary N) is 3. The highest BCUT2D eigenvalue weighted by molar-refractivity contribution is 7.98. The van der Waals surface area contributed by atoms with Gasteiger partial charge in [-0.2, -0.15) is 0 Å². The molecule has 0 saturated heterocycles. The molecule has 6 aromatic rings. The number of hydrogen-bond donors (Lipinski definition) is 4. The first-order valence-corrected chi connectivity index (χ1v) is 23.8. The van der Waals surface area contributed by atoms with Gasteiger partial charge in [0, 0.05) is 77.0 Å². The number of phenols is 1. The molecule has 0 radical (unpaired) electrons. The number of phenolic OH excluding ortho intramolecular Hbond substituents is 1. The summed E-state index contributed by atoms with van der Waals surface area (Å²) in [5, 5.41) is 29.5. The molecule has 66 heavy (non-hydrogen) atoms. The minimum absolute atomic E-state index is 0.0455. The van der Waals surface area contributed by atoms with Crippen LogP contribution in [-0.4, -0.2) is 57.2 Å². The average Bonchev–Trinajstić information content (AvgIpc) is 3.80. The summed E-state index contributed by atoms with van der Waals surface area (Å²) in [5.41, 5.74) is 3.28. The van der Waals surface area contributed by atoms with Crippen molar-refractivity contribution in [1.29, 1.82) is 0 Å². The monoisotopic (exact) mass is 913 g/mol. The van der Waals surface area contributed by atoms with Gasteiger partial charge >= 0.3 is 6.09 Å². The molecule has 0 spiro atoms. The highest BCUT2D eigenvalue weighted by atomic mass is 32.2. The van der Waals surface area contributed by atoms with Crippen molar-refractivity contribution in [3.05, 3.63) is 114 Å². The number of unbranched alkanes of at least 4 members (excludes halogenated alkanes) is 11. The molecule has 2 aromatic heterocycles. The molecule has 0 saturated carbocycles. The molecule has 4 N–H and O–H groups in total. The van der Waals surface area contributed by atoms with Gasteiger partial charge in [0.2, 0.25) is 11.8 Å². The van der Waals surface area contributed by atoms with Crippen LogP contribution in [0.15, 0.2) is 107 Å². The molecule has 15 heteroatoms. The van der Waals surface area contributed by atoms with Crippen LogP contribution in [0.5, 0.6) is 11.5 Å². The largest absolute Gasteiger partial charge is 0.506 e. The molecular weight excluding hydrogens is 855 g/mol. The van der Waals surface area contributed by atoms with E-state index in [2.05, 4.69) is 38.1 Å². The van der Waals surface area contributed by atoms with Crippen molar-refractivity contribution in [3.63, 3.8) is 0 Å². The molecule has 4 amide bonds. The van der Waals surface area contributed by atoms with E-state index in [1.165, 1.54) is 76.1 Å². The molecule has 6 rings (SSSR count). The lowest BCUT2D eigenvalue weighted by Gasteiger charge is -2.25. The maximum atomic E-state index is 14.6. The Bertz CT molecular complexity index is 2550. The number of fused-ring (bicyclic) bond motifs is 1. The van der Waals surface area contributed by atoms with Crippen LogP contribution in [0.3, 0.4) is 0 Å². The first-order chi connectivity index (χ1) is 32.1. The van der Waals surface area contributed by atoms with E-state index < -0.39 is 12.0 Å². The van der Waals surface area contributed by atoms with Gasteiger partial charge in [-0.25, -0.2) is 4.79 Å². The predicted octanol–water partition coefficient (Wildman–Crippen LogP) is 11.9. The topological polar surface area (TPSA) is 189 Å². The van der Waals surface area contributed by atoms with Crippen molar-refractivity contribution < 1.29 is 33.4 Å². The molecule has 0 aliphatic rings. The SMILES string of the molecule is CCCCCCCCCCCCCCN(C(=O)Oc1ccc(C(=O)NCC)cc1CSc1nnc(-c2ccncc2)o1)c1cccc2c(O)c(C(=O)Nc3ccc(NC(C)=O)cc3)ccc12. The Morgan fingerprint density at radius 1 is 0.727 bits per heavy atom. The van der Waals surface area contributed by atoms with E-state index in [-0.39, 0.29) is 34.6 Å². The van der Waals surface area contributed by atoms with Crippen LogP contribution >= 0.6 is 11.8 Å². The van der Waals surface area contributed by atoms with Gasteiger partial charge in [0.05, 0.1) is 11.3 Å². The highest BCUT2D eigenvalue weighted by Gasteiger charge is 2.24. The van der Waals surface area contributed by atoms with Crippen LogP contribution in [0.4, 0.5) is 21.9 Å². The van der Waals surface area contributed by atoms with Crippen LogP contribution < -0.4 is 25.6 Å². The number of carbonyl (C=O) groups is 4. The third kappa shape index (κ3) is 13.9. The third-order valence-corrected chi connectivity index (χ3v) is 11.9. The Morgan fingerprint density at radius 3 is 2.06 bits per heavy atom. The molecule has 2 heterocycles. The second kappa shape index (κ2) is 25.1. The molecule has 0 atom stereocenters. The summed E-state index contributed by atoms with van der Waals surface area (Å²) in [6.07, 6.45) is 16.5. The van der Waals surface area contributed by atoms with Gasteiger partial charge in [-0.15, -0.1) is 10.2 Å². The second-order valence-corrected chi connectivity index (χ2v) is 17.0. The number of aromatic hydroxyl groups is 1. The van der Waals surface area contributed by atoms with Crippen molar-refractivity contribution in [2.75, 3.05) is 28.6 Å². The zero-order chi connectivity index (χ0) is 46.7. The number of thioether (sulfide) groups is 1. The summed E-state index contributed by atoms with van der Waals surface area (Å²) in [6, 6.07) is 23.6. The van der Waals surface area contributed by atoms with Crippen molar-refractivity contribution in [2.45, 2.75) is 109 Å². The highest BCUT2D eigenvalue weighted by Crippen LogP contribution is 2.37. The summed E-state index contributed by atoms with van der Waals surface area (Å²) >= 11 is 1.24. The fraction of sp³-hybridized carbons (Fsp3) is 0.353. The average molecular weight is 914 g/mol. The Balaban J connectivity index is 1.22. The Hall–Kier alpha value is -6.74. The Kier molecular flexibility index (Phi) is 18.5. The van der Waals surface area contributed by atoms with Gasteiger partial charge < -0.3 is 30.2 Å². The van der Waals surface area contributed by atoms with Gasteiger partial charge in [-0.05, 0) is 80.1 Å². The number of nitrogens with zero attached hydrogens (tertiary/aromatic N) is 4. The van der Waals surface area contributed by atoms with Gasteiger partial charge in [0.15, 0.2) is 0 Å². The Morgan fingerprint density at radius 2 is 1.39 bits per heavy atom. The zero-order valence-corrected chi connectivity index (χ0v) is 38.8. The number of benzene rings is 4. The van der Waals surface area contributed by atoms with Gasteiger partial charge in [0.1, 0.15) is 11.5 Å². The maximum Gasteiger partial charge on any atom is 0.419 e. The quantitative estimate of drug-likeness (QED) is 0.0334. The van der Waals surface area contributed by atoms with E-state index in [9.17, 15) is 24.3 Å². The number of carbonyl (C=O) groups excluding carboxylic acids is 4. The summed E-state index contributed by atoms with van der Waals surface area (Å²) in [7, 11) is 0. The van der Waals surface area contributed by atoms with Crippen LogP contribution in [0.25, 0.3) is 22.2 Å². The molecule has 4 aromatic carbocycles. The van der Waals surface area contributed by atoms with Gasteiger partial charge in [-0.1, -0.05) is 108 Å². The number of aromatic nitrogens is 3. The van der Waals surface area contributed by atoms with Crippen LogP contribution in [-0.2, 0) is 10.5 Å². The number of ether oxygens (including phenoxy) is 1. The molecule has 0 unspecified atom stereocenters. The van der Waals surface area contributed by atoms with Crippen LogP contribution in [0.2, 0.25) is 0 Å². The van der Waals surface area contributed by atoms with Crippen molar-refractivity contribution in [3.8, 4) is 23.0 Å². The number of pyridine rings is 1. The summed E-state index contributed by atoms with van der Waals surface area (Å²) < 4.78 is 12.1. The van der Waals surface area contributed by atoms with E-state index in [1.54, 1.807) is 96.2 Å². The van der Waals surface area contributed by atoms with Crippen molar-refractivity contribution in [1.82, 2.24) is 20.5 Å². The standard InChI is InChI=1S/C51H59N7O7S/c1-4-6-7-8-9-10-11-12-13-14-15-16-32-58(44-19-17-18-42-41(44)25-26-43(46(42)60)48(62)55-40-23-21-39(22-24-40)54-35(3)59)51(63)64-45-27-20-37(47(61)53-5-2)33-38(45)34-66-50-57-56-49(65-50)36-28-30-52-31-29-36/h17-31,33,60H,4-16,32,34H2,1-3H3,(H,53,61)(H,54,59)(H,55,62).